The highest BCUT2D eigenvalue weighted by Crippen LogP contribution is 2.18. The second-order valence-corrected chi connectivity index (χ2v) is 3.92. The van der Waals surface area contributed by atoms with Gasteiger partial charge in [-0.05, 0) is 43.2 Å². The van der Waals surface area contributed by atoms with Gasteiger partial charge in [0, 0.05) is 5.69 Å². The first-order valence-corrected chi connectivity index (χ1v) is 5.21. The number of benzene rings is 1. The fourth-order valence-corrected chi connectivity index (χ4v) is 1.51. The molecule has 0 atom stereocenters. The second-order valence-electron chi connectivity index (χ2n) is 3.92. The third-order valence-corrected chi connectivity index (χ3v) is 2.44. The lowest BCUT2D eigenvalue weighted by Crippen LogP contribution is -1.97. The predicted molar refractivity (Wildman–Crippen MR) is 67.8 cm³/mol. The lowest BCUT2D eigenvalue weighted by atomic mass is 10.2. The van der Waals surface area contributed by atoms with Crippen molar-refractivity contribution in [1.82, 2.24) is 4.98 Å². The Kier molecular flexibility index (Phi) is 2.77. The number of aromatic nitrogens is 1. The zero-order chi connectivity index (χ0) is 11.5. The number of aryl methyl sites for hydroxylation is 2. The molecule has 3 heteroatoms. The minimum atomic E-state index is 0.717. The largest absolute Gasteiger partial charge is 0.397 e. The smallest absolute Gasteiger partial charge is 0.130 e. The van der Waals surface area contributed by atoms with Gasteiger partial charge in [0.25, 0.3) is 0 Å². The first-order chi connectivity index (χ1) is 7.65. The van der Waals surface area contributed by atoms with Crippen molar-refractivity contribution in [2.45, 2.75) is 13.8 Å². The van der Waals surface area contributed by atoms with Crippen LogP contribution < -0.4 is 11.1 Å². The van der Waals surface area contributed by atoms with E-state index in [0.29, 0.717) is 0 Å². The summed E-state index contributed by atoms with van der Waals surface area (Å²) < 4.78 is 0. The van der Waals surface area contributed by atoms with Crippen molar-refractivity contribution in [3.05, 3.63) is 47.7 Å². The van der Waals surface area contributed by atoms with Crippen LogP contribution in [0.5, 0.6) is 0 Å². The van der Waals surface area contributed by atoms with Crippen LogP contribution in [0.4, 0.5) is 17.2 Å². The van der Waals surface area contributed by atoms with Gasteiger partial charge < -0.3 is 11.1 Å². The molecule has 1 heterocycles. The van der Waals surface area contributed by atoms with Gasteiger partial charge in [-0.15, -0.1) is 0 Å². The summed E-state index contributed by atoms with van der Waals surface area (Å²) in [5.74, 6) is 0.817. The molecular formula is C13H15N3. The summed E-state index contributed by atoms with van der Waals surface area (Å²) in [5, 5.41) is 3.25. The zero-order valence-corrected chi connectivity index (χ0v) is 9.49. The fourth-order valence-electron chi connectivity index (χ4n) is 1.51. The van der Waals surface area contributed by atoms with Gasteiger partial charge >= 0.3 is 0 Å². The Balaban J connectivity index is 2.24. The number of hydrogen-bond donors (Lipinski definition) is 2. The highest BCUT2D eigenvalue weighted by Gasteiger charge is 1.99. The van der Waals surface area contributed by atoms with E-state index >= 15 is 0 Å². The van der Waals surface area contributed by atoms with Gasteiger partial charge in [-0.1, -0.05) is 12.1 Å². The molecule has 0 amide bonds. The van der Waals surface area contributed by atoms with Crippen LogP contribution in [-0.2, 0) is 0 Å². The maximum atomic E-state index is 5.72. The summed E-state index contributed by atoms with van der Waals surface area (Å²) in [7, 11) is 0. The summed E-state index contributed by atoms with van der Waals surface area (Å²) in [6, 6.07) is 10.1. The van der Waals surface area contributed by atoms with Crippen LogP contribution in [0.2, 0.25) is 0 Å². The molecule has 0 aliphatic rings. The monoisotopic (exact) mass is 213 g/mol. The summed E-state index contributed by atoms with van der Waals surface area (Å²) in [5.41, 5.74) is 9.72. The van der Waals surface area contributed by atoms with Gasteiger partial charge in [-0.25, -0.2) is 4.98 Å². The van der Waals surface area contributed by atoms with E-state index in [9.17, 15) is 0 Å². The molecule has 0 saturated heterocycles. The highest BCUT2D eigenvalue weighted by atomic mass is 15.0. The van der Waals surface area contributed by atoms with E-state index < -0.39 is 0 Å². The quantitative estimate of drug-likeness (QED) is 0.806. The maximum absolute atomic E-state index is 5.72. The third kappa shape index (κ3) is 2.31. The van der Waals surface area contributed by atoms with Crippen molar-refractivity contribution in [2.75, 3.05) is 11.1 Å². The van der Waals surface area contributed by atoms with E-state index in [4.69, 9.17) is 5.73 Å². The molecule has 0 aliphatic carbocycles. The Labute approximate surface area is 95.3 Å². The predicted octanol–water partition coefficient (Wildman–Crippen LogP) is 3.02. The Morgan fingerprint density at radius 2 is 2.00 bits per heavy atom. The van der Waals surface area contributed by atoms with E-state index in [1.54, 1.807) is 6.20 Å². The molecule has 1 aromatic carbocycles. The normalized spacial score (nSPS) is 10.1. The first kappa shape index (κ1) is 10.5. The molecule has 0 fully saturated rings. The molecule has 0 unspecified atom stereocenters. The average molecular weight is 213 g/mol. The summed E-state index contributed by atoms with van der Waals surface area (Å²) in [6.45, 7) is 4.03. The molecule has 1 aromatic heterocycles. The number of rotatable bonds is 2. The van der Waals surface area contributed by atoms with Gasteiger partial charge in [-0.3, -0.25) is 0 Å². The average Bonchev–Trinajstić information content (AvgIpc) is 2.24. The zero-order valence-electron chi connectivity index (χ0n) is 9.49. The topological polar surface area (TPSA) is 50.9 Å². The Morgan fingerprint density at radius 1 is 1.19 bits per heavy atom. The van der Waals surface area contributed by atoms with E-state index in [2.05, 4.69) is 29.4 Å². The first-order valence-electron chi connectivity index (χ1n) is 5.21. The number of hydrogen-bond acceptors (Lipinski definition) is 3. The molecule has 2 rings (SSSR count). The molecule has 0 bridgehead atoms. The number of nitrogens with two attached hydrogens (primary N) is 1. The van der Waals surface area contributed by atoms with Crippen molar-refractivity contribution in [2.24, 2.45) is 0 Å². The summed E-state index contributed by atoms with van der Waals surface area (Å²) >= 11 is 0. The minimum Gasteiger partial charge on any atom is -0.397 e. The SMILES string of the molecule is Cc1cccc(Nc2cc(C)c(N)cn2)c1. The molecule has 16 heavy (non-hydrogen) atoms. The summed E-state index contributed by atoms with van der Waals surface area (Å²) in [4.78, 5) is 4.23. The Morgan fingerprint density at radius 3 is 2.69 bits per heavy atom. The standard InChI is InChI=1S/C13H15N3/c1-9-4-3-5-11(6-9)16-13-7-10(2)12(14)8-15-13/h3-8H,14H2,1-2H3,(H,15,16). The molecule has 0 saturated carbocycles. The van der Waals surface area contributed by atoms with E-state index in [0.717, 1.165) is 22.8 Å². The van der Waals surface area contributed by atoms with E-state index in [-0.39, 0.29) is 0 Å². The van der Waals surface area contributed by atoms with Crippen LogP contribution in [0.3, 0.4) is 0 Å². The van der Waals surface area contributed by atoms with E-state index in [1.165, 1.54) is 5.56 Å². The number of nitrogens with zero attached hydrogens (tertiary/aromatic N) is 1. The Bertz CT molecular complexity index is 506. The van der Waals surface area contributed by atoms with Crippen LogP contribution in [0.1, 0.15) is 11.1 Å². The molecule has 0 spiro atoms. The van der Waals surface area contributed by atoms with Crippen LogP contribution in [0, 0.1) is 13.8 Å². The molecule has 0 radical (unpaired) electrons. The number of nitrogen functional groups attached to an aromatic ring is 1. The van der Waals surface area contributed by atoms with Crippen LogP contribution in [0.15, 0.2) is 36.5 Å². The second kappa shape index (κ2) is 4.23. The number of nitrogens with one attached hydrogen (secondary N) is 1. The van der Waals surface area contributed by atoms with Crippen molar-refractivity contribution in [3.8, 4) is 0 Å². The van der Waals surface area contributed by atoms with Crippen molar-refractivity contribution < 1.29 is 0 Å². The lowest BCUT2D eigenvalue weighted by Gasteiger charge is -2.07. The Hall–Kier alpha value is -2.03. The van der Waals surface area contributed by atoms with Crippen molar-refractivity contribution in [1.29, 1.82) is 0 Å². The molecule has 0 aliphatic heterocycles. The fraction of sp³-hybridized carbons (Fsp3) is 0.154. The van der Waals surface area contributed by atoms with Gasteiger partial charge in [0.2, 0.25) is 0 Å². The summed E-state index contributed by atoms with van der Waals surface area (Å²) in [6.07, 6.45) is 1.67. The molecule has 82 valence electrons. The van der Waals surface area contributed by atoms with Gasteiger partial charge in [0.15, 0.2) is 0 Å². The minimum absolute atomic E-state index is 0.717. The van der Waals surface area contributed by atoms with E-state index in [1.807, 2.05) is 25.1 Å². The van der Waals surface area contributed by atoms with Gasteiger partial charge in [0.1, 0.15) is 5.82 Å². The highest BCUT2D eigenvalue weighted by molar-refractivity contribution is 5.60. The lowest BCUT2D eigenvalue weighted by molar-refractivity contribution is 1.27. The van der Waals surface area contributed by atoms with Gasteiger partial charge in [0.05, 0.1) is 11.9 Å². The maximum Gasteiger partial charge on any atom is 0.130 e. The van der Waals surface area contributed by atoms with Crippen LogP contribution in [-0.4, -0.2) is 4.98 Å². The molecule has 3 N–H and O–H groups in total. The molecule has 3 nitrogen and oxygen atoms in total. The van der Waals surface area contributed by atoms with Crippen LogP contribution >= 0.6 is 0 Å². The molecular weight excluding hydrogens is 198 g/mol. The van der Waals surface area contributed by atoms with Crippen molar-refractivity contribution >= 4 is 17.2 Å². The molecule has 2 aromatic rings. The van der Waals surface area contributed by atoms with Crippen molar-refractivity contribution in [3.63, 3.8) is 0 Å². The number of anilines is 3. The van der Waals surface area contributed by atoms with Crippen LogP contribution in [0.25, 0.3) is 0 Å². The number of pyridine rings is 1. The van der Waals surface area contributed by atoms with Gasteiger partial charge in [-0.2, -0.15) is 0 Å². The third-order valence-electron chi connectivity index (χ3n) is 2.44.